The predicted molar refractivity (Wildman–Crippen MR) is 139 cm³/mol. The zero-order chi connectivity index (χ0) is 23.0. The maximum absolute atomic E-state index is 14.5. The van der Waals surface area contributed by atoms with E-state index in [0.717, 1.165) is 78.1 Å². The third kappa shape index (κ3) is 2.67. The molecular weight excluding hydrogens is 443 g/mol. The summed E-state index contributed by atoms with van der Waals surface area (Å²) in [5.41, 5.74) is 6.02. The first-order valence-corrected chi connectivity index (χ1v) is 13.4. The van der Waals surface area contributed by atoms with Crippen LogP contribution in [0.1, 0.15) is 37.7 Å². The van der Waals surface area contributed by atoms with Gasteiger partial charge in [-0.25, -0.2) is 0 Å². The van der Waals surface area contributed by atoms with Crippen molar-refractivity contribution in [3.8, 4) is 11.1 Å². The topological polar surface area (TPSA) is 70.7 Å². The number of hydrogen-bond donors (Lipinski definition) is 2. The molecule has 2 aliphatic carbocycles. The summed E-state index contributed by atoms with van der Waals surface area (Å²) < 4.78 is 20.5. The molecule has 1 atom stereocenters. The van der Waals surface area contributed by atoms with Crippen LogP contribution in [0.2, 0.25) is 0 Å². The van der Waals surface area contributed by atoms with Crippen molar-refractivity contribution in [1.82, 2.24) is 0 Å². The van der Waals surface area contributed by atoms with Crippen LogP contribution in [0, 0.1) is 0 Å². The van der Waals surface area contributed by atoms with Gasteiger partial charge in [0.2, 0.25) is 0 Å². The molecule has 1 saturated carbocycles. The number of allylic oxidation sites excluding steroid dienone is 3. The third-order valence-electron chi connectivity index (χ3n) is 7.52. The van der Waals surface area contributed by atoms with E-state index in [1.165, 1.54) is 0 Å². The Labute approximate surface area is 198 Å². The van der Waals surface area contributed by atoms with Crippen molar-refractivity contribution in [2.45, 2.75) is 37.0 Å². The van der Waals surface area contributed by atoms with E-state index in [1.54, 1.807) is 0 Å². The number of fused-ring (bicyclic) bond motifs is 6. The Morgan fingerprint density at radius 2 is 1.62 bits per heavy atom. The summed E-state index contributed by atoms with van der Waals surface area (Å²) in [5, 5.41) is 22.5. The highest BCUT2D eigenvalue weighted by molar-refractivity contribution is 8.07. The molecule has 0 radical (unpaired) electrons. The Morgan fingerprint density at radius 3 is 2.41 bits per heavy atom. The second-order valence-corrected chi connectivity index (χ2v) is 11.9. The van der Waals surface area contributed by atoms with E-state index in [4.69, 9.17) is 4.42 Å². The first-order chi connectivity index (χ1) is 16.6. The van der Waals surface area contributed by atoms with Crippen LogP contribution in [0.5, 0.6) is 0 Å². The van der Waals surface area contributed by atoms with Crippen LogP contribution in [-0.2, 0) is 9.52 Å². The first kappa shape index (κ1) is 20.3. The summed E-state index contributed by atoms with van der Waals surface area (Å²) in [6.07, 6.45) is 6.15. The van der Waals surface area contributed by atoms with Crippen molar-refractivity contribution in [2.75, 3.05) is 0 Å². The Morgan fingerprint density at radius 1 is 0.853 bits per heavy atom. The summed E-state index contributed by atoms with van der Waals surface area (Å²) in [4.78, 5) is 2.74. The fourth-order valence-electron chi connectivity index (χ4n) is 5.67. The van der Waals surface area contributed by atoms with Crippen LogP contribution in [0.25, 0.3) is 38.6 Å². The van der Waals surface area contributed by atoms with E-state index in [0.29, 0.717) is 18.3 Å². The van der Waals surface area contributed by atoms with Gasteiger partial charge in [0.25, 0.3) is 0 Å². The number of hydrogen-bond acceptors (Lipinski definition) is 4. The molecule has 4 aromatic rings. The van der Waals surface area contributed by atoms with Gasteiger partial charge in [0.15, 0.2) is 0 Å². The highest BCUT2D eigenvalue weighted by Crippen LogP contribution is 2.51. The molecule has 168 valence electrons. The van der Waals surface area contributed by atoms with E-state index in [-0.39, 0.29) is 0 Å². The maximum atomic E-state index is 14.5. The molecule has 6 heteroatoms. The van der Waals surface area contributed by atoms with E-state index in [2.05, 4.69) is 30.3 Å². The molecule has 0 bridgehead atoms. The minimum absolute atomic E-state index is 0.567. The molecule has 2 heterocycles. The fourth-order valence-corrected chi connectivity index (χ4v) is 9.00. The molecule has 1 fully saturated rings. The average molecular weight is 466 g/mol. The Balaban J connectivity index is 1.48. The van der Waals surface area contributed by atoms with Gasteiger partial charge in [-0.1, -0.05) is 36.4 Å². The summed E-state index contributed by atoms with van der Waals surface area (Å²) >= 11 is 0. The molecule has 0 saturated heterocycles. The van der Waals surface area contributed by atoms with Gasteiger partial charge in [0, 0.05) is 30.1 Å². The van der Waals surface area contributed by atoms with Crippen LogP contribution in [0.3, 0.4) is 0 Å². The van der Waals surface area contributed by atoms with Gasteiger partial charge in [-0.3, -0.25) is 4.21 Å². The molecule has 7 rings (SSSR count). The number of furan rings is 1. The Bertz CT molecular complexity index is 1710. The summed E-state index contributed by atoms with van der Waals surface area (Å²) in [6, 6.07) is 20.4. The zero-order valence-electron chi connectivity index (χ0n) is 18.6. The standard InChI is InChI=1S/C28H23BO4S/c30-29(31)23-8-4-10-27-28(23)22-16-18(12-14-26(22)34(27,32)19-5-3-6-19)17-11-13-25-21(15-17)20-7-1-2-9-24(20)33-25/h1-2,7,9-16,30-31H,3-6,8H2. The highest BCUT2D eigenvalue weighted by Gasteiger charge is 2.41. The Hall–Kier alpha value is -3.06. The average Bonchev–Trinajstić information content (AvgIpc) is 3.31. The van der Waals surface area contributed by atoms with Crippen molar-refractivity contribution < 1.29 is 18.7 Å². The van der Waals surface area contributed by atoms with E-state index < -0.39 is 16.6 Å². The SMILES string of the molecule is O=S1(=C2CCC2)C2=CCCC(B(O)O)=C2c2cc(-c3ccc4oc5ccccc5c4c3)ccc21. The normalized spacial score (nSPS) is 21.5. The minimum atomic E-state index is -2.49. The first-order valence-electron chi connectivity index (χ1n) is 11.8. The molecule has 3 aliphatic rings. The van der Waals surface area contributed by atoms with Crippen LogP contribution in [0.15, 0.2) is 86.4 Å². The van der Waals surface area contributed by atoms with Crippen LogP contribution in [0.4, 0.5) is 0 Å². The van der Waals surface area contributed by atoms with E-state index in [1.807, 2.05) is 36.4 Å². The van der Waals surface area contributed by atoms with E-state index in [9.17, 15) is 14.3 Å². The van der Waals surface area contributed by atoms with Crippen molar-refractivity contribution in [3.05, 3.63) is 82.7 Å². The maximum Gasteiger partial charge on any atom is 0.484 e. The molecule has 2 N–H and O–H groups in total. The van der Waals surface area contributed by atoms with Gasteiger partial charge in [0.1, 0.15) is 11.2 Å². The highest BCUT2D eigenvalue weighted by atomic mass is 32.2. The minimum Gasteiger partial charge on any atom is -0.456 e. The number of para-hydroxylation sites is 1. The third-order valence-corrected chi connectivity index (χ3v) is 10.7. The lowest BCUT2D eigenvalue weighted by atomic mass is 9.70. The largest absolute Gasteiger partial charge is 0.484 e. The second kappa shape index (κ2) is 7.22. The summed E-state index contributed by atoms with van der Waals surface area (Å²) in [6.45, 7) is 0. The molecule has 34 heavy (non-hydrogen) atoms. The smallest absolute Gasteiger partial charge is 0.456 e. The van der Waals surface area contributed by atoms with Crippen molar-refractivity contribution in [3.63, 3.8) is 0 Å². The van der Waals surface area contributed by atoms with E-state index >= 15 is 0 Å². The molecule has 3 aromatic carbocycles. The molecule has 1 aliphatic heterocycles. The number of rotatable bonds is 2. The van der Waals surface area contributed by atoms with Gasteiger partial charge in [-0.2, -0.15) is 0 Å². The lowest BCUT2D eigenvalue weighted by Gasteiger charge is -2.24. The van der Waals surface area contributed by atoms with Gasteiger partial charge in [-0.05, 0) is 95.0 Å². The quantitative estimate of drug-likeness (QED) is 0.293. The summed E-state index contributed by atoms with van der Waals surface area (Å²) in [7, 11) is -4.04. The van der Waals surface area contributed by atoms with Gasteiger partial charge in [-0.15, -0.1) is 0 Å². The van der Waals surface area contributed by atoms with Gasteiger partial charge >= 0.3 is 7.12 Å². The molecule has 0 amide bonds. The van der Waals surface area contributed by atoms with Gasteiger partial charge in [0.05, 0.1) is 0 Å². The van der Waals surface area contributed by atoms with Crippen molar-refractivity contribution in [2.24, 2.45) is 0 Å². The van der Waals surface area contributed by atoms with Crippen LogP contribution in [-0.4, -0.2) is 26.2 Å². The monoisotopic (exact) mass is 466 g/mol. The molecule has 1 unspecified atom stereocenters. The second-order valence-electron chi connectivity index (χ2n) is 9.35. The lowest BCUT2D eigenvalue weighted by molar-refractivity contribution is 0.416. The summed E-state index contributed by atoms with van der Waals surface area (Å²) in [5.74, 6) is 0. The molecule has 4 nitrogen and oxygen atoms in total. The molecular formula is C28H23BO4S. The number of benzene rings is 3. The fraction of sp³-hybridized carbons (Fsp3) is 0.179. The lowest BCUT2D eigenvalue weighted by Crippen LogP contribution is -2.23. The Kier molecular flexibility index (Phi) is 4.32. The van der Waals surface area contributed by atoms with Crippen LogP contribution < -0.4 is 0 Å². The molecule has 1 aromatic heterocycles. The van der Waals surface area contributed by atoms with Gasteiger partial charge < -0.3 is 14.5 Å². The van der Waals surface area contributed by atoms with Crippen LogP contribution >= 0.6 is 0 Å². The zero-order valence-corrected chi connectivity index (χ0v) is 19.4. The van der Waals surface area contributed by atoms with Crippen molar-refractivity contribution in [1.29, 1.82) is 0 Å². The predicted octanol–water partition coefficient (Wildman–Crippen LogP) is 5.71. The van der Waals surface area contributed by atoms with Crippen molar-refractivity contribution >= 4 is 49.0 Å². The molecule has 0 spiro atoms.